The minimum atomic E-state index is -4.55. The van der Waals surface area contributed by atoms with E-state index in [2.05, 4.69) is 10.3 Å². The molecule has 4 aromatic rings. The van der Waals surface area contributed by atoms with Crippen molar-refractivity contribution < 1.29 is 27.9 Å². The van der Waals surface area contributed by atoms with E-state index in [9.17, 15) is 27.9 Å². The van der Waals surface area contributed by atoms with Crippen molar-refractivity contribution in [2.24, 2.45) is 0 Å². The molecule has 0 spiro atoms. The summed E-state index contributed by atoms with van der Waals surface area (Å²) in [5.74, 6) is -1.99. The maximum Gasteiger partial charge on any atom is 0.416 e. The largest absolute Gasteiger partial charge is 0.480 e. The van der Waals surface area contributed by atoms with Gasteiger partial charge in [-0.3, -0.25) is 4.79 Å². The number of nitrogens with zero attached hydrogens (tertiary/aromatic N) is 1. The van der Waals surface area contributed by atoms with Crippen molar-refractivity contribution in [2.75, 3.05) is 0 Å². The Morgan fingerprint density at radius 2 is 1.50 bits per heavy atom. The number of carboxylic acids is 1. The number of carbonyl (C=O) groups is 2. The van der Waals surface area contributed by atoms with E-state index in [0.717, 1.165) is 12.1 Å². The van der Waals surface area contributed by atoms with Crippen LogP contribution >= 0.6 is 0 Å². The van der Waals surface area contributed by atoms with E-state index in [1.165, 1.54) is 12.1 Å². The lowest BCUT2D eigenvalue weighted by Crippen LogP contribution is -2.42. The first-order chi connectivity index (χ1) is 15.2. The average Bonchev–Trinajstić information content (AvgIpc) is 2.76. The summed E-state index contributed by atoms with van der Waals surface area (Å²) in [5.41, 5.74) is 0.678. The number of hydrogen-bond acceptors (Lipinski definition) is 3. The van der Waals surface area contributed by atoms with Crippen molar-refractivity contribution in [3.63, 3.8) is 0 Å². The third kappa shape index (κ3) is 4.25. The minimum absolute atomic E-state index is 0.150. The molecular formula is C24H17F3N2O3. The van der Waals surface area contributed by atoms with E-state index >= 15 is 0 Å². The molecule has 4 rings (SSSR count). The maximum absolute atomic E-state index is 13.2. The highest BCUT2D eigenvalue weighted by Crippen LogP contribution is 2.30. The fourth-order valence-electron chi connectivity index (χ4n) is 3.63. The molecule has 1 heterocycles. The molecule has 1 amide bonds. The van der Waals surface area contributed by atoms with Crippen molar-refractivity contribution >= 4 is 33.7 Å². The van der Waals surface area contributed by atoms with Crippen LogP contribution in [0.25, 0.3) is 21.8 Å². The zero-order valence-corrected chi connectivity index (χ0v) is 16.6. The Kier molecular flexibility index (Phi) is 5.52. The predicted octanol–water partition coefficient (Wildman–Crippen LogP) is 4.83. The number of halogens is 3. The highest BCUT2D eigenvalue weighted by Gasteiger charge is 2.31. The minimum Gasteiger partial charge on any atom is -0.480 e. The van der Waals surface area contributed by atoms with Crippen LogP contribution in [0, 0.1) is 0 Å². The first kappa shape index (κ1) is 21.3. The van der Waals surface area contributed by atoms with Gasteiger partial charge in [-0.2, -0.15) is 13.2 Å². The Bertz CT molecular complexity index is 1280. The second-order valence-corrected chi connectivity index (χ2v) is 7.29. The van der Waals surface area contributed by atoms with Crippen molar-refractivity contribution in [1.29, 1.82) is 0 Å². The molecule has 8 heteroatoms. The Morgan fingerprint density at radius 3 is 2.06 bits per heavy atom. The van der Waals surface area contributed by atoms with Crippen LogP contribution in [0.4, 0.5) is 13.2 Å². The molecule has 0 aliphatic heterocycles. The quantitative estimate of drug-likeness (QED) is 0.438. The highest BCUT2D eigenvalue weighted by atomic mass is 19.4. The number of aliphatic carboxylic acids is 1. The zero-order chi connectivity index (χ0) is 22.9. The lowest BCUT2D eigenvalue weighted by molar-refractivity contribution is -0.139. The topological polar surface area (TPSA) is 79.3 Å². The number of para-hydroxylation sites is 2. The standard InChI is InChI=1S/C24H17F3N2O3/c25-24(26,27)15-7-5-6-14(12-15)13-20(23(31)32)29-22(30)21-16-8-1-3-10-18(16)28-19-11-4-2-9-17(19)21/h1-12,20H,13H2,(H,29,30)(H,31,32)/t20-/m1/s1. The molecule has 32 heavy (non-hydrogen) atoms. The van der Waals surface area contributed by atoms with Gasteiger partial charge in [0.05, 0.1) is 22.2 Å². The smallest absolute Gasteiger partial charge is 0.416 e. The van der Waals surface area contributed by atoms with Gasteiger partial charge < -0.3 is 10.4 Å². The van der Waals surface area contributed by atoms with E-state index in [0.29, 0.717) is 21.8 Å². The molecule has 1 aromatic heterocycles. The van der Waals surface area contributed by atoms with Crippen LogP contribution in [0.3, 0.4) is 0 Å². The van der Waals surface area contributed by atoms with Crippen molar-refractivity contribution in [1.82, 2.24) is 10.3 Å². The molecule has 162 valence electrons. The van der Waals surface area contributed by atoms with Gasteiger partial charge in [-0.05, 0) is 23.8 Å². The monoisotopic (exact) mass is 438 g/mol. The first-order valence-electron chi connectivity index (χ1n) is 9.71. The van der Waals surface area contributed by atoms with Gasteiger partial charge in [0.1, 0.15) is 6.04 Å². The van der Waals surface area contributed by atoms with Crippen LogP contribution in [0.2, 0.25) is 0 Å². The molecule has 0 saturated carbocycles. The Balaban J connectivity index is 1.70. The molecule has 1 atom stereocenters. The molecule has 0 fully saturated rings. The van der Waals surface area contributed by atoms with Crippen LogP contribution < -0.4 is 5.32 Å². The summed E-state index contributed by atoms with van der Waals surface area (Å²) in [6, 6.07) is 16.9. The second-order valence-electron chi connectivity index (χ2n) is 7.29. The predicted molar refractivity (Wildman–Crippen MR) is 113 cm³/mol. The molecular weight excluding hydrogens is 421 g/mol. The van der Waals surface area contributed by atoms with Gasteiger partial charge in [-0.25, -0.2) is 9.78 Å². The number of rotatable bonds is 5. The van der Waals surface area contributed by atoms with Gasteiger partial charge in [-0.15, -0.1) is 0 Å². The Hall–Kier alpha value is -3.94. The average molecular weight is 438 g/mol. The second kappa shape index (κ2) is 8.30. The summed E-state index contributed by atoms with van der Waals surface area (Å²) < 4.78 is 39.0. The number of amides is 1. The summed E-state index contributed by atoms with van der Waals surface area (Å²) >= 11 is 0. The fraction of sp³-hybridized carbons (Fsp3) is 0.125. The van der Waals surface area contributed by atoms with Crippen LogP contribution in [0.1, 0.15) is 21.5 Å². The van der Waals surface area contributed by atoms with Crippen LogP contribution in [0.15, 0.2) is 72.8 Å². The number of aromatic nitrogens is 1. The SMILES string of the molecule is O=C(N[C@H](Cc1cccc(C(F)(F)F)c1)C(=O)O)c1c2ccccc2nc2ccccc12. The fourth-order valence-corrected chi connectivity index (χ4v) is 3.63. The molecule has 0 unspecified atom stereocenters. The summed E-state index contributed by atoms with van der Waals surface area (Å²) in [5, 5.41) is 13.2. The molecule has 0 radical (unpaired) electrons. The van der Waals surface area contributed by atoms with Crippen LogP contribution in [-0.2, 0) is 17.4 Å². The van der Waals surface area contributed by atoms with E-state index < -0.39 is 29.7 Å². The Morgan fingerprint density at radius 1 is 0.906 bits per heavy atom. The molecule has 3 aromatic carbocycles. The number of benzene rings is 3. The van der Waals surface area contributed by atoms with Crippen LogP contribution in [0.5, 0.6) is 0 Å². The van der Waals surface area contributed by atoms with E-state index in [4.69, 9.17) is 0 Å². The van der Waals surface area contributed by atoms with Crippen LogP contribution in [-0.4, -0.2) is 28.0 Å². The third-order valence-electron chi connectivity index (χ3n) is 5.11. The lowest BCUT2D eigenvalue weighted by Gasteiger charge is -2.17. The Labute approximate surface area is 180 Å². The number of fused-ring (bicyclic) bond motifs is 2. The van der Waals surface area contributed by atoms with Gasteiger partial charge in [0.2, 0.25) is 0 Å². The van der Waals surface area contributed by atoms with E-state index in [1.54, 1.807) is 48.5 Å². The van der Waals surface area contributed by atoms with E-state index in [-0.39, 0.29) is 17.5 Å². The normalized spacial score (nSPS) is 12.6. The number of carbonyl (C=O) groups excluding carboxylic acids is 1. The number of nitrogens with one attached hydrogen (secondary N) is 1. The summed E-state index contributed by atoms with van der Waals surface area (Å²) in [6.07, 6.45) is -4.85. The van der Waals surface area contributed by atoms with Crippen molar-refractivity contribution in [3.8, 4) is 0 Å². The molecule has 0 aliphatic carbocycles. The maximum atomic E-state index is 13.2. The number of carboxylic acid groups (broad SMARTS) is 1. The molecule has 0 bridgehead atoms. The van der Waals surface area contributed by atoms with Gasteiger partial charge in [0, 0.05) is 17.2 Å². The first-order valence-corrected chi connectivity index (χ1v) is 9.71. The molecule has 5 nitrogen and oxygen atoms in total. The van der Waals surface area contributed by atoms with Gasteiger partial charge >= 0.3 is 12.1 Å². The molecule has 0 saturated heterocycles. The highest BCUT2D eigenvalue weighted by molar-refractivity contribution is 6.16. The summed E-state index contributed by atoms with van der Waals surface area (Å²) in [7, 11) is 0. The molecule has 2 N–H and O–H groups in total. The summed E-state index contributed by atoms with van der Waals surface area (Å²) in [6.45, 7) is 0. The summed E-state index contributed by atoms with van der Waals surface area (Å²) in [4.78, 5) is 29.6. The van der Waals surface area contributed by atoms with Gasteiger partial charge in [0.15, 0.2) is 0 Å². The van der Waals surface area contributed by atoms with Gasteiger partial charge in [0.25, 0.3) is 5.91 Å². The van der Waals surface area contributed by atoms with E-state index in [1.807, 2.05) is 0 Å². The van der Waals surface area contributed by atoms with Crippen molar-refractivity contribution in [2.45, 2.75) is 18.6 Å². The third-order valence-corrected chi connectivity index (χ3v) is 5.11. The number of pyridine rings is 1. The molecule has 0 aliphatic rings. The number of hydrogen-bond donors (Lipinski definition) is 2. The van der Waals surface area contributed by atoms with Gasteiger partial charge in [-0.1, -0.05) is 54.6 Å². The van der Waals surface area contributed by atoms with Crippen molar-refractivity contribution in [3.05, 3.63) is 89.5 Å². The number of alkyl halides is 3. The lowest BCUT2D eigenvalue weighted by atomic mass is 10.00. The zero-order valence-electron chi connectivity index (χ0n) is 16.6.